The van der Waals surface area contributed by atoms with Crippen LogP contribution in [0, 0.1) is 20.8 Å². The Balaban J connectivity index is 3.17. The number of hydrogen-bond acceptors (Lipinski definition) is 2. The number of carboxylic acids is 1. The van der Waals surface area contributed by atoms with E-state index < -0.39 is 12.0 Å². The van der Waals surface area contributed by atoms with Gasteiger partial charge in [0, 0.05) is 5.69 Å². The molecule has 0 aliphatic heterocycles. The minimum atomic E-state index is -0.821. The molecule has 0 aromatic carbocycles. The number of hydrogen-bond donors (Lipinski definition) is 1. The molecule has 1 N–H and O–H groups in total. The summed E-state index contributed by atoms with van der Waals surface area (Å²) in [4.78, 5) is 10.9. The van der Waals surface area contributed by atoms with Gasteiger partial charge in [-0.25, -0.2) is 4.79 Å². The van der Waals surface area contributed by atoms with Crippen molar-refractivity contribution < 1.29 is 9.90 Å². The fourth-order valence-electron chi connectivity index (χ4n) is 1.50. The number of rotatable bonds is 3. The van der Waals surface area contributed by atoms with Crippen LogP contribution in [0.25, 0.3) is 0 Å². The molecule has 14 heavy (non-hydrogen) atoms. The second-order valence-electron chi connectivity index (χ2n) is 3.50. The molecule has 0 fully saturated rings. The van der Waals surface area contributed by atoms with E-state index in [0.29, 0.717) is 6.42 Å². The maximum absolute atomic E-state index is 10.9. The van der Waals surface area contributed by atoms with Gasteiger partial charge in [0.2, 0.25) is 0 Å². The summed E-state index contributed by atoms with van der Waals surface area (Å²) in [7, 11) is 0. The van der Waals surface area contributed by atoms with E-state index in [9.17, 15) is 4.79 Å². The molecule has 1 unspecified atom stereocenters. The summed E-state index contributed by atoms with van der Waals surface area (Å²) in [6.07, 6.45) is 0.552. The van der Waals surface area contributed by atoms with Gasteiger partial charge < -0.3 is 5.11 Å². The van der Waals surface area contributed by atoms with Crippen LogP contribution in [0.5, 0.6) is 0 Å². The van der Waals surface area contributed by atoms with Crippen LogP contribution in [-0.2, 0) is 4.79 Å². The van der Waals surface area contributed by atoms with Crippen LogP contribution in [0.3, 0.4) is 0 Å². The highest BCUT2D eigenvalue weighted by Gasteiger charge is 2.21. The van der Waals surface area contributed by atoms with E-state index in [-0.39, 0.29) is 0 Å². The molecule has 4 heteroatoms. The first-order chi connectivity index (χ1) is 6.49. The third-order valence-electron chi connectivity index (χ3n) is 2.65. The van der Waals surface area contributed by atoms with Gasteiger partial charge in [-0.15, -0.1) is 0 Å². The number of aliphatic carboxylic acids is 1. The van der Waals surface area contributed by atoms with Crippen molar-refractivity contribution in [2.45, 2.75) is 40.2 Å². The van der Waals surface area contributed by atoms with Crippen LogP contribution >= 0.6 is 0 Å². The molecule has 0 bridgehead atoms. The first-order valence-corrected chi connectivity index (χ1v) is 4.74. The average molecular weight is 196 g/mol. The Bertz CT molecular complexity index is 355. The Labute approximate surface area is 83.5 Å². The van der Waals surface area contributed by atoms with E-state index in [0.717, 1.165) is 17.0 Å². The molecule has 0 amide bonds. The van der Waals surface area contributed by atoms with E-state index in [1.165, 1.54) is 0 Å². The fourth-order valence-corrected chi connectivity index (χ4v) is 1.50. The second-order valence-corrected chi connectivity index (χ2v) is 3.50. The molecule has 1 aromatic rings. The summed E-state index contributed by atoms with van der Waals surface area (Å²) in [5, 5.41) is 13.2. The van der Waals surface area contributed by atoms with Crippen molar-refractivity contribution in [2.75, 3.05) is 0 Å². The molecule has 1 heterocycles. The highest BCUT2D eigenvalue weighted by molar-refractivity contribution is 5.71. The molecule has 1 aromatic heterocycles. The van der Waals surface area contributed by atoms with E-state index in [4.69, 9.17) is 5.11 Å². The maximum Gasteiger partial charge on any atom is 0.328 e. The average Bonchev–Trinajstić information content (AvgIpc) is 2.35. The SMILES string of the molecule is CCC(C(=O)O)n1nc(C)c(C)c1C. The van der Waals surface area contributed by atoms with E-state index in [1.54, 1.807) is 4.68 Å². The van der Waals surface area contributed by atoms with Crippen LogP contribution < -0.4 is 0 Å². The Hall–Kier alpha value is -1.32. The van der Waals surface area contributed by atoms with Crippen molar-refractivity contribution in [3.8, 4) is 0 Å². The van der Waals surface area contributed by atoms with Gasteiger partial charge in [-0.1, -0.05) is 6.92 Å². The number of aryl methyl sites for hydroxylation is 1. The number of carbonyl (C=O) groups is 1. The largest absolute Gasteiger partial charge is 0.480 e. The molecule has 1 atom stereocenters. The van der Waals surface area contributed by atoms with Crippen LogP contribution in [0.2, 0.25) is 0 Å². The fraction of sp³-hybridized carbons (Fsp3) is 0.600. The third-order valence-corrected chi connectivity index (χ3v) is 2.65. The van der Waals surface area contributed by atoms with Crippen LogP contribution in [0.4, 0.5) is 0 Å². The number of aromatic nitrogens is 2. The predicted octanol–water partition coefficient (Wildman–Crippen LogP) is 1.84. The van der Waals surface area contributed by atoms with Crippen molar-refractivity contribution in [3.63, 3.8) is 0 Å². The van der Waals surface area contributed by atoms with Gasteiger partial charge in [0.05, 0.1) is 5.69 Å². The lowest BCUT2D eigenvalue weighted by atomic mass is 10.2. The van der Waals surface area contributed by atoms with Gasteiger partial charge in [0.15, 0.2) is 0 Å². The van der Waals surface area contributed by atoms with Crippen molar-refractivity contribution >= 4 is 5.97 Å². The summed E-state index contributed by atoms with van der Waals surface area (Å²) >= 11 is 0. The van der Waals surface area contributed by atoms with Crippen molar-refractivity contribution in [1.29, 1.82) is 0 Å². The quantitative estimate of drug-likeness (QED) is 0.802. The van der Waals surface area contributed by atoms with Crippen molar-refractivity contribution in [2.24, 2.45) is 0 Å². The summed E-state index contributed by atoms with van der Waals surface area (Å²) in [6, 6.07) is -0.539. The minimum Gasteiger partial charge on any atom is -0.480 e. The molecule has 0 aliphatic rings. The van der Waals surface area contributed by atoms with Gasteiger partial charge in [-0.05, 0) is 32.8 Å². The topological polar surface area (TPSA) is 55.1 Å². The molecule has 0 saturated carbocycles. The normalized spacial score (nSPS) is 12.9. The van der Waals surface area contributed by atoms with E-state index >= 15 is 0 Å². The summed E-state index contributed by atoms with van der Waals surface area (Å²) in [5.74, 6) is -0.821. The first kappa shape index (κ1) is 10.8. The zero-order valence-corrected chi connectivity index (χ0v) is 9.03. The van der Waals surface area contributed by atoms with Crippen molar-refractivity contribution in [1.82, 2.24) is 9.78 Å². The van der Waals surface area contributed by atoms with Gasteiger partial charge in [-0.3, -0.25) is 4.68 Å². The molecule has 0 radical (unpaired) electrons. The zero-order valence-electron chi connectivity index (χ0n) is 9.03. The number of carboxylic acid groups (broad SMARTS) is 1. The molecule has 1 rings (SSSR count). The van der Waals surface area contributed by atoms with Crippen LogP contribution in [0.15, 0.2) is 0 Å². The Morgan fingerprint density at radius 3 is 2.36 bits per heavy atom. The minimum absolute atomic E-state index is 0.539. The van der Waals surface area contributed by atoms with Gasteiger partial charge in [0.1, 0.15) is 6.04 Å². The molecule has 4 nitrogen and oxygen atoms in total. The lowest BCUT2D eigenvalue weighted by molar-refractivity contribution is -0.141. The zero-order chi connectivity index (χ0) is 10.9. The molecular formula is C10H16N2O2. The van der Waals surface area contributed by atoms with Crippen molar-refractivity contribution in [3.05, 3.63) is 17.0 Å². The van der Waals surface area contributed by atoms with Gasteiger partial charge in [0.25, 0.3) is 0 Å². The highest BCUT2D eigenvalue weighted by Crippen LogP contribution is 2.18. The number of nitrogens with zero attached hydrogens (tertiary/aromatic N) is 2. The van der Waals surface area contributed by atoms with Crippen LogP contribution in [-0.4, -0.2) is 20.9 Å². The second kappa shape index (κ2) is 3.82. The molecular weight excluding hydrogens is 180 g/mol. The Kier molecular flexibility index (Phi) is 2.93. The summed E-state index contributed by atoms with van der Waals surface area (Å²) in [5.41, 5.74) is 2.92. The summed E-state index contributed by atoms with van der Waals surface area (Å²) in [6.45, 7) is 7.61. The lowest BCUT2D eigenvalue weighted by Crippen LogP contribution is -2.20. The monoisotopic (exact) mass is 196 g/mol. The first-order valence-electron chi connectivity index (χ1n) is 4.74. The van der Waals surface area contributed by atoms with Gasteiger partial charge >= 0.3 is 5.97 Å². The summed E-state index contributed by atoms with van der Waals surface area (Å²) < 4.78 is 1.60. The van der Waals surface area contributed by atoms with E-state index in [2.05, 4.69) is 5.10 Å². The molecule has 78 valence electrons. The predicted molar refractivity (Wildman–Crippen MR) is 53.4 cm³/mol. The van der Waals surface area contributed by atoms with E-state index in [1.807, 2.05) is 27.7 Å². The molecule has 0 saturated heterocycles. The lowest BCUT2D eigenvalue weighted by Gasteiger charge is -2.12. The third kappa shape index (κ3) is 1.64. The molecule has 0 spiro atoms. The van der Waals surface area contributed by atoms with Gasteiger partial charge in [-0.2, -0.15) is 5.10 Å². The van der Waals surface area contributed by atoms with Crippen LogP contribution in [0.1, 0.15) is 36.3 Å². The highest BCUT2D eigenvalue weighted by atomic mass is 16.4. The smallest absolute Gasteiger partial charge is 0.328 e. The Morgan fingerprint density at radius 1 is 1.50 bits per heavy atom. The molecule has 0 aliphatic carbocycles. The standard InChI is InChI=1S/C10H16N2O2/c1-5-9(10(13)14)12-8(4)6(2)7(3)11-12/h9H,5H2,1-4H3,(H,13,14). The Morgan fingerprint density at radius 2 is 2.07 bits per heavy atom. The maximum atomic E-state index is 10.9.